The summed E-state index contributed by atoms with van der Waals surface area (Å²) in [5, 5.41) is 9.51. The van der Waals surface area contributed by atoms with E-state index < -0.39 is 29.4 Å². The predicted molar refractivity (Wildman–Crippen MR) is 126 cm³/mol. The minimum absolute atomic E-state index is 0.0247. The highest BCUT2D eigenvalue weighted by molar-refractivity contribution is 5.79. The molecule has 0 saturated carbocycles. The molecule has 0 bridgehead atoms. The molecule has 2 aromatic heterocycles. The summed E-state index contributed by atoms with van der Waals surface area (Å²) in [7, 11) is 0. The highest BCUT2D eigenvalue weighted by atomic mass is 19.1. The average molecular weight is 513 g/mol. The number of primary amides is 1. The summed E-state index contributed by atoms with van der Waals surface area (Å²) in [6.07, 6.45) is 4.43. The van der Waals surface area contributed by atoms with Crippen LogP contribution in [0.5, 0.6) is 0 Å². The molecule has 192 valence electrons. The Hall–Kier alpha value is -4.49. The number of hydrogen-bond donors (Lipinski definition) is 1. The maximum absolute atomic E-state index is 14.5. The third kappa shape index (κ3) is 5.08. The molecule has 3 amide bonds. The maximum Gasteiger partial charge on any atom is 0.341 e. The molecule has 4 heterocycles. The Kier molecular flexibility index (Phi) is 6.46. The molecule has 2 N–H and O–H groups in total. The summed E-state index contributed by atoms with van der Waals surface area (Å²) in [4.78, 5) is 36.1. The molecule has 1 unspecified atom stereocenters. The molecular formula is C23H22F3N9O2. The van der Waals surface area contributed by atoms with Crippen molar-refractivity contribution in [1.82, 2.24) is 29.7 Å². The maximum atomic E-state index is 14.5. The van der Waals surface area contributed by atoms with E-state index in [1.54, 1.807) is 16.0 Å². The highest BCUT2D eigenvalue weighted by Gasteiger charge is 2.34. The summed E-state index contributed by atoms with van der Waals surface area (Å²) in [5.41, 5.74) is 5.70. The van der Waals surface area contributed by atoms with Gasteiger partial charge in [-0.05, 0) is 23.8 Å². The van der Waals surface area contributed by atoms with Crippen LogP contribution in [0.1, 0.15) is 18.0 Å². The zero-order valence-corrected chi connectivity index (χ0v) is 19.5. The minimum Gasteiger partial charge on any atom is -0.368 e. The second-order valence-corrected chi connectivity index (χ2v) is 8.58. The second-order valence-electron chi connectivity index (χ2n) is 8.58. The van der Waals surface area contributed by atoms with E-state index in [1.165, 1.54) is 34.1 Å². The summed E-state index contributed by atoms with van der Waals surface area (Å²) in [5.74, 6) is -2.43. The molecule has 14 heteroatoms. The molecule has 0 aliphatic carbocycles. The summed E-state index contributed by atoms with van der Waals surface area (Å²) >= 11 is 0. The Balaban J connectivity index is 1.26. The van der Waals surface area contributed by atoms with Gasteiger partial charge in [0.05, 0.1) is 12.2 Å². The first-order valence-corrected chi connectivity index (χ1v) is 11.4. The van der Waals surface area contributed by atoms with Crippen LogP contribution in [0.2, 0.25) is 0 Å². The van der Waals surface area contributed by atoms with Crippen molar-refractivity contribution in [2.75, 3.05) is 31.1 Å². The van der Waals surface area contributed by atoms with E-state index in [1.807, 2.05) is 0 Å². The van der Waals surface area contributed by atoms with Gasteiger partial charge in [0.25, 0.3) is 0 Å². The normalized spacial score (nSPS) is 17.5. The summed E-state index contributed by atoms with van der Waals surface area (Å²) in [6.45, 7) is 1.19. The fourth-order valence-corrected chi connectivity index (χ4v) is 4.31. The number of carbonyl (C=O) groups is 2. The van der Waals surface area contributed by atoms with Crippen LogP contribution in [-0.4, -0.2) is 74.0 Å². The molecule has 1 atom stereocenters. The van der Waals surface area contributed by atoms with Crippen LogP contribution in [0.25, 0.3) is 11.4 Å². The number of carbonyl (C=O) groups excluding carboxylic acids is 2. The number of hydrogen-bond acceptors (Lipinski definition) is 7. The summed E-state index contributed by atoms with van der Waals surface area (Å²) in [6, 6.07) is 3.70. The number of nitrogens with zero attached hydrogens (tertiary/aromatic N) is 8. The number of amides is 3. The lowest BCUT2D eigenvalue weighted by molar-refractivity contribution is -0.118. The molecule has 5 rings (SSSR count). The van der Waals surface area contributed by atoms with Crippen LogP contribution >= 0.6 is 0 Å². The van der Waals surface area contributed by atoms with Crippen molar-refractivity contribution >= 4 is 24.1 Å². The zero-order chi connectivity index (χ0) is 26.1. The standard InChI is InChI=1S/C23H22F3N9O2/c24-15-9-14(10-16(25)11-15)19-1-3-29-35(19)23(37)33-7-5-32(6-8-33)22-28-12-17(26)21(30-22)18-2-4-34(31-18)13-20(27)36/h2-4,9-12,19H,1,5-8,13H2,(H2,27,36). The molecule has 2 aliphatic heterocycles. The van der Waals surface area contributed by atoms with E-state index >= 15 is 0 Å². The number of piperazine rings is 1. The van der Waals surface area contributed by atoms with E-state index in [0.29, 0.717) is 38.2 Å². The van der Waals surface area contributed by atoms with Gasteiger partial charge in [-0.15, -0.1) is 0 Å². The number of nitrogens with two attached hydrogens (primary N) is 1. The lowest BCUT2D eigenvalue weighted by Gasteiger charge is -2.37. The number of hydrazone groups is 1. The fourth-order valence-electron chi connectivity index (χ4n) is 4.31. The van der Waals surface area contributed by atoms with Gasteiger partial charge in [-0.1, -0.05) is 0 Å². The van der Waals surface area contributed by atoms with Crippen LogP contribution in [-0.2, 0) is 11.3 Å². The van der Waals surface area contributed by atoms with Crippen molar-refractivity contribution < 1.29 is 22.8 Å². The molecule has 0 radical (unpaired) electrons. The smallest absolute Gasteiger partial charge is 0.341 e. The summed E-state index contributed by atoms with van der Waals surface area (Å²) < 4.78 is 43.2. The van der Waals surface area contributed by atoms with Crippen molar-refractivity contribution in [3.63, 3.8) is 0 Å². The van der Waals surface area contributed by atoms with Crippen molar-refractivity contribution in [2.24, 2.45) is 10.8 Å². The van der Waals surface area contributed by atoms with Gasteiger partial charge in [0.1, 0.15) is 29.6 Å². The van der Waals surface area contributed by atoms with Gasteiger partial charge in [0.2, 0.25) is 11.9 Å². The van der Waals surface area contributed by atoms with E-state index in [2.05, 4.69) is 20.2 Å². The lowest BCUT2D eigenvalue weighted by Crippen LogP contribution is -2.52. The Morgan fingerprint density at radius 3 is 2.49 bits per heavy atom. The monoisotopic (exact) mass is 513 g/mol. The van der Waals surface area contributed by atoms with Gasteiger partial charge in [0.15, 0.2) is 5.82 Å². The Bertz CT molecular complexity index is 1350. The first-order valence-electron chi connectivity index (χ1n) is 11.4. The SMILES string of the molecule is NC(=O)Cn1ccc(-c2nc(N3CCN(C(=O)N4N=CCC4c4cc(F)cc(F)c4)CC3)ncc2F)n1. The second kappa shape index (κ2) is 9.87. The molecule has 1 aromatic carbocycles. The van der Waals surface area contributed by atoms with E-state index in [4.69, 9.17) is 5.73 Å². The molecule has 11 nitrogen and oxygen atoms in total. The van der Waals surface area contributed by atoms with Crippen LogP contribution in [0.4, 0.5) is 23.9 Å². The van der Waals surface area contributed by atoms with E-state index in [-0.39, 0.29) is 29.9 Å². The minimum atomic E-state index is -0.721. The van der Waals surface area contributed by atoms with Crippen LogP contribution < -0.4 is 10.6 Å². The van der Waals surface area contributed by atoms with Crippen molar-refractivity contribution in [3.8, 4) is 11.4 Å². The third-order valence-electron chi connectivity index (χ3n) is 6.06. The Morgan fingerprint density at radius 2 is 1.78 bits per heavy atom. The highest BCUT2D eigenvalue weighted by Crippen LogP contribution is 2.30. The molecule has 1 fully saturated rings. The fraction of sp³-hybridized carbons (Fsp3) is 0.304. The number of aromatic nitrogens is 4. The lowest BCUT2D eigenvalue weighted by atomic mass is 10.0. The van der Waals surface area contributed by atoms with Gasteiger partial charge < -0.3 is 15.5 Å². The molecule has 1 saturated heterocycles. The quantitative estimate of drug-likeness (QED) is 0.556. The third-order valence-corrected chi connectivity index (χ3v) is 6.06. The molecule has 0 spiro atoms. The van der Waals surface area contributed by atoms with Crippen molar-refractivity contribution in [3.05, 3.63) is 59.7 Å². The van der Waals surface area contributed by atoms with Crippen molar-refractivity contribution in [1.29, 1.82) is 0 Å². The largest absolute Gasteiger partial charge is 0.368 e. The first kappa shape index (κ1) is 24.2. The molecule has 2 aliphatic rings. The molecular weight excluding hydrogens is 491 g/mol. The number of anilines is 1. The van der Waals surface area contributed by atoms with Gasteiger partial charge in [-0.25, -0.2) is 32.9 Å². The van der Waals surface area contributed by atoms with E-state index in [9.17, 15) is 22.8 Å². The first-order chi connectivity index (χ1) is 17.8. The molecule has 37 heavy (non-hydrogen) atoms. The van der Waals surface area contributed by atoms with Crippen LogP contribution in [0.15, 0.2) is 41.8 Å². The van der Waals surface area contributed by atoms with Crippen molar-refractivity contribution in [2.45, 2.75) is 19.0 Å². The van der Waals surface area contributed by atoms with Gasteiger partial charge in [-0.3, -0.25) is 9.48 Å². The van der Waals surface area contributed by atoms with Crippen LogP contribution in [0.3, 0.4) is 0 Å². The Labute approximate surface area is 209 Å². The zero-order valence-electron chi connectivity index (χ0n) is 19.5. The number of urea groups is 1. The average Bonchev–Trinajstić information content (AvgIpc) is 3.53. The van der Waals surface area contributed by atoms with Gasteiger partial charge in [0, 0.05) is 51.1 Å². The Morgan fingerprint density at radius 1 is 1.05 bits per heavy atom. The number of rotatable bonds is 5. The molecule has 3 aromatic rings. The van der Waals surface area contributed by atoms with E-state index in [0.717, 1.165) is 12.3 Å². The number of benzene rings is 1. The topological polar surface area (TPSA) is 126 Å². The predicted octanol–water partition coefficient (Wildman–Crippen LogP) is 1.92. The number of halogens is 3. The van der Waals surface area contributed by atoms with Crippen LogP contribution in [0, 0.1) is 17.5 Å². The van der Waals surface area contributed by atoms with Gasteiger partial charge >= 0.3 is 6.03 Å². The van der Waals surface area contributed by atoms with Gasteiger partial charge in [-0.2, -0.15) is 10.2 Å².